The fourth-order valence-electron chi connectivity index (χ4n) is 1.00. The molecule has 0 aromatic heterocycles. The predicted octanol–water partition coefficient (Wildman–Crippen LogP) is 2.75. The van der Waals surface area contributed by atoms with E-state index in [-0.39, 0.29) is 5.91 Å². The highest BCUT2D eigenvalue weighted by molar-refractivity contribution is 9.10. The average Bonchev–Trinajstić information content (AvgIpc) is 2.17. The molecule has 1 N–H and O–H groups in total. The molecule has 0 unspecified atom stereocenters. The van der Waals surface area contributed by atoms with Crippen molar-refractivity contribution < 1.29 is 4.79 Å². The van der Waals surface area contributed by atoms with E-state index >= 15 is 0 Å². The van der Waals surface area contributed by atoms with Crippen LogP contribution in [0.15, 0.2) is 22.7 Å². The number of hydrogen-bond acceptors (Lipinski definition) is 2. The van der Waals surface area contributed by atoms with Gasteiger partial charge in [0.15, 0.2) is 0 Å². The Bertz CT molecular complexity index is 414. The largest absolute Gasteiger partial charge is 0.351 e. The molecule has 15 heavy (non-hydrogen) atoms. The van der Waals surface area contributed by atoms with Crippen LogP contribution in [0, 0.1) is 11.3 Å². The molecule has 0 spiro atoms. The first-order chi connectivity index (χ1) is 7.15. The summed E-state index contributed by atoms with van der Waals surface area (Å²) >= 11 is 8.99. The van der Waals surface area contributed by atoms with Gasteiger partial charge in [-0.2, -0.15) is 5.26 Å². The Kier molecular flexibility index (Phi) is 4.60. The molecule has 0 radical (unpaired) electrons. The number of carbonyl (C=O) groups is 1. The van der Waals surface area contributed by atoms with Crippen molar-refractivity contribution in [3.05, 3.63) is 33.3 Å². The van der Waals surface area contributed by atoms with E-state index in [0.29, 0.717) is 28.0 Å². The van der Waals surface area contributed by atoms with Gasteiger partial charge in [-0.05, 0) is 34.1 Å². The lowest BCUT2D eigenvalue weighted by Gasteiger charge is -2.05. The van der Waals surface area contributed by atoms with E-state index in [4.69, 9.17) is 16.9 Å². The van der Waals surface area contributed by atoms with Crippen molar-refractivity contribution in [3.63, 3.8) is 0 Å². The van der Waals surface area contributed by atoms with E-state index in [1.165, 1.54) is 0 Å². The molecule has 1 amide bonds. The second-order valence-corrected chi connectivity index (χ2v) is 4.08. The number of amides is 1. The second kappa shape index (κ2) is 5.74. The molecule has 3 nitrogen and oxygen atoms in total. The molecule has 1 aromatic carbocycles. The summed E-state index contributed by atoms with van der Waals surface area (Å²) in [7, 11) is 0. The van der Waals surface area contributed by atoms with Gasteiger partial charge in [-0.3, -0.25) is 4.79 Å². The highest BCUT2D eigenvalue weighted by Crippen LogP contribution is 2.21. The van der Waals surface area contributed by atoms with E-state index in [9.17, 15) is 4.79 Å². The van der Waals surface area contributed by atoms with Crippen LogP contribution in [0.25, 0.3) is 0 Å². The Labute approximate surface area is 101 Å². The van der Waals surface area contributed by atoms with Crippen LogP contribution in [-0.4, -0.2) is 12.5 Å². The summed E-state index contributed by atoms with van der Waals surface area (Å²) in [5, 5.41) is 11.5. The first-order valence-corrected chi connectivity index (χ1v) is 5.42. The molecule has 0 aliphatic heterocycles. The molecule has 0 bridgehead atoms. The van der Waals surface area contributed by atoms with Gasteiger partial charge in [0.1, 0.15) is 0 Å². The van der Waals surface area contributed by atoms with E-state index in [1.807, 2.05) is 6.07 Å². The normalized spacial score (nSPS) is 9.40. The van der Waals surface area contributed by atoms with Crippen LogP contribution in [0.1, 0.15) is 16.8 Å². The van der Waals surface area contributed by atoms with Gasteiger partial charge >= 0.3 is 0 Å². The first kappa shape index (κ1) is 12.0. The van der Waals surface area contributed by atoms with Crippen LogP contribution in [0.2, 0.25) is 5.02 Å². The van der Waals surface area contributed by atoms with Crippen LogP contribution in [0.5, 0.6) is 0 Å². The Morgan fingerprint density at radius 1 is 1.60 bits per heavy atom. The van der Waals surface area contributed by atoms with Crippen LogP contribution in [-0.2, 0) is 0 Å². The van der Waals surface area contributed by atoms with Crippen molar-refractivity contribution in [1.29, 1.82) is 5.26 Å². The van der Waals surface area contributed by atoms with Crippen LogP contribution in [0.3, 0.4) is 0 Å². The van der Waals surface area contributed by atoms with Crippen LogP contribution >= 0.6 is 27.5 Å². The third-order valence-corrected chi connectivity index (χ3v) is 2.59. The molecule has 0 saturated carbocycles. The average molecular weight is 288 g/mol. The van der Waals surface area contributed by atoms with Gasteiger partial charge in [-0.25, -0.2) is 0 Å². The molecule has 78 valence electrons. The van der Waals surface area contributed by atoms with Crippen LogP contribution < -0.4 is 5.32 Å². The third-order valence-electron chi connectivity index (χ3n) is 1.70. The van der Waals surface area contributed by atoms with Crippen molar-refractivity contribution in [2.24, 2.45) is 0 Å². The van der Waals surface area contributed by atoms with Gasteiger partial charge in [0.25, 0.3) is 5.91 Å². The SMILES string of the molecule is N#CCCNC(=O)c1ccc(Cl)cc1Br. The molecule has 1 aromatic rings. The zero-order chi connectivity index (χ0) is 11.3. The Balaban J connectivity index is 2.70. The lowest BCUT2D eigenvalue weighted by atomic mass is 10.2. The monoisotopic (exact) mass is 286 g/mol. The lowest BCUT2D eigenvalue weighted by Crippen LogP contribution is -2.24. The van der Waals surface area contributed by atoms with Crippen molar-refractivity contribution in [2.75, 3.05) is 6.54 Å². The summed E-state index contributed by atoms with van der Waals surface area (Å²) in [6.45, 7) is 0.352. The molecule has 0 heterocycles. The number of nitrogens with zero attached hydrogens (tertiary/aromatic N) is 1. The summed E-state index contributed by atoms with van der Waals surface area (Å²) in [6.07, 6.45) is 0.303. The number of halogens is 2. The number of hydrogen-bond donors (Lipinski definition) is 1. The number of benzene rings is 1. The molecular formula is C10H8BrClN2O. The molecule has 1 rings (SSSR count). The van der Waals surface area contributed by atoms with Gasteiger partial charge in [-0.15, -0.1) is 0 Å². The highest BCUT2D eigenvalue weighted by Gasteiger charge is 2.09. The molecule has 0 aliphatic rings. The van der Waals surface area contributed by atoms with Gasteiger partial charge in [-0.1, -0.05) is 11.6 Å². The quantitative estimate of drug-likeness (QED) is 0.869. The Morgan fingerprint density at radius 2 is 2.33 bits per heavy atom. The molecule has 5 heteroatoms. The predicted molar refractivity (Wildman–Crippen MR) is 61.7 cm³/mol. The molecule has 0 saturated heterocycles. The number of nitrogens with one attached hydrogen (secondary N) is 1. The highest BCUT2D eigenvalue weighted by atomic mass is 79.9. The topological polar surface area (TPSA) is 52.9 Å². The fraction of sp³-hybridized carbons (Fsp3) is 0.200. The van der Waals surface area contributed by atoms with Crippen LogP contribution in [0.4, 0.5) is 0 Å². The summed E-state index contributed by atoms with van der Waals surface area (Å²) in [4.78, 5) is 11.6. The van der Waals surface area contributed by atoms with Gasteiger partial charge in [0.05, 0.1) is 18.1 Å². The molecule has 0 fully saturated rings. The Morgan fingerprint density at radius 3 is 2.93 bits per heavy atom. The minimum atomic E-state index is -0.214. The summed E-state index contributed by atoms with van der Waals surface area (Å²) < 4.78 is 0.643. The number of carbonyl (C=O) groups excluding carboxylic acids is 1. The standard InChI is InChI=1S/C10H8BrClN2O/c11-9-6-7(12)2-3-8(9)10(15)14-5-1-4-13/h2-3,6H,1,5H2,(H,14,15). The minimum Gasteiger partial charge on any atom is -0.351 e. The smallest absolute Gasteiger partial charge is 0.252 e. The van der Waals surface area contributed by atoms with Gasteiger partial charge in [0.2, 0.25) is 0 Å². The van der Waals surface area contributed by atoms with E-state index < -0.39 is 0 Å². The first-order valence-electron chi connectivity index (χ1n) is 4.25. The minimum absolute atomic E-state index is 0.214. The summed E-state index contributed by atoms with van der Waals surface area (Å²) in [6, 6.07) is 6.88. The summed E-state index contributed by atoms with van der Waals surface area (Å²) in [5.41, 5.74) is 0.511. The zero-order valence-corrected chi connectivity index (χ0v) is 10.1. The zero-order valence-electron chi connectivity index (χ0n) is 7.76. The molecule has 0 aliphatic carbocycles. The second-order valence-electron chi connectivity index (χ2n) is 2.79. The van der Waals surface area contributed by atoms with E-state index in [0.717, 1.165) is 0 Å². The third kappa shape index (κ3) is 3.54. The van der Waals surface area contributed by atoms with Gasteiger partial charge < -0.3 is 5.32 Å². The number of nitriles is 1. The fourth-order valence-corrected chi connectivity index (χ4v) is 1.86. The van der Waals surface area contributed by atoms with Crippen molar-refractivity contribution >= 4 is 33.4 Å². The van der Waals surface area contributed by atoms with Crippen molar-refractivity contribution in [1.82, 2.24) is 5.32 Å². The maximum atomic E-state index is 11.6. The molecule has 0 atom stereocenters. The van der Waals surface area contributed by atoms with Crippen molar-refractivity contribution in [3.8, 4) is 6.07 Å². The maximum Gasteiger partial charge on any atom is 0.252 e. The number of rotatable bonds is 3. The van der Waals surface area contributed by atoms with Crippen molar-refractivity contribution in [2.45, 2.75) is 6.42 Å². The lowest BCUT2D eigenvalue weighted by molar-refractivity contribution is 0.0954. The Hall–Kier alpha value is -1.05. The molecular weight excluding hydrogens is 279 g/mol. The van der Waals surface area contributed by atoms with Gasteiger partial charge in [0, 0.05) is 16.0 Å². The van der Waals surface area contributed by atoms with E-state index in [1.54, 1.807) is 18.2 Å². The van der Waals surface area contributed by atoms with E-state index in [2.05, 4.69) is 21.2 Å². The maximum absolute atomic E-state index is 11.6. The summed E-state index contributed by atoms with van der Waals surface area (Å²) in [5.74, 6) is -0.214.